The van der Waals surface area contributed by atoms with Crippen molar-refractivity contribution in [3.63, 3.8) is 0 Å². The van der Waals surface area contributed by atoms with Crippen LogP contribution in [-0.2, 0) is 19.1 Å². The molecule has 0 radical (unpaired) electrons. The predicted octanol–water partition coefficient (Wildman–Crippen LogP) is 2.20. The van der Waals surface area contributed by atoms with Crippen LogP contribution in [0.2, 0.25) is 10.0 Å². The molecule has 27 heavy (non-hydrogen) atoms. The molecule has 0 aromatic heterocycles. The number of carbonyl (C=O) groups excluding carboxylic acids is 4. The van der Waals surface area contributed by atoms with Crippen molar-refractivity contribution in [1.29, 1.82) is 0 Å². The second-order valence-corrected chi connectivity index (χ2v) is 7.54. The zero-order chi connectivity index (χ0) is 19.8. The minimum atomic E-state index is -0.972. The number of anilines is 1. The molecule has 1 aliphatic heterocycles. The zero-order valence-electron chi connectivity index (χ0n) is 14.4. The summed E-state index contributed by atoms with van der Waals surface area (Å²) in [7, 11) is 0. The fourth-order valence-electron chi connectivity index (χ4n) is 2.94. The highest BCUT2D eigenvalue weighted by Gasteiger charge is 2.56. The van der Waals surface area contributed by atoms with Crippen molar-refractivity contribution >= 4 is 52.7 Å². The normalized spacial score (nSPS) is 21.8. The number of amides is 4. The smallest absolute Gasteiger partial charge is 0.326 e. The van der Waals surface area contributed by atoms with Gasteiger partial charge in [0.25, 0.3) is 11.8 Å². The van der Waals surface area contributed by atoms with Crippen molar-refractivity contribution in [3.05, 3.63) is 28.2 Å². The van der Waals surface area contributed by atoms with Gasteiger partial charge in [-0.15, -0.1) is 0 Å². The minimum Gasteiger partial charge on any atom is -0.454 e. The standard InChI is InChI=1S/C17H17Cl2N3O5/c1-17(9-2-3-9)15(25)22(16(26)21-17)7-14(24)27-8-13(23)20-12-5-10(18)4-11(19)6-12/h4-6,9H,2-3,7-8H2,1H3,(H,20,23)(H,21,26)/t17-/m0/s1. The number of benzene rings is 1. The van der Waals surface area contributed by atoms with Crippen LogP contribution in [0, 0.1) is 5.92 Å². The lowest BCUT2D eigenvalue weighted by Gasteiger charge is -2.20. The summed E-state index contributed by atoms with van der Waals surface area (Å²) < 4.78 is 4.85. The summed E-state index contributed by atoms with van der Waals surface area (Å²) in [6, 6.07) is 3.84. The van der Waals surface area contributed by atoms with Gasteiger partial charge in [-0.05, 0) is 43.9 Å². The van der Waals surface area contributed by atoms with Crippen molar-refractivity contribution in [3.8, 4) is 0 Å². The molecule has 2 aliphatic rings. The van der Waals surface area contributed by atoms with Crippen LogP contribution in [0.5, 0.6) is 0 Å². The summed E-state index contributed by atoms with van der Waals surface area (Å²) in [5.41, 5.74) is -0.622. The molecule has 0 unspecified atom stereocenters. The average Bonchev–Trinajstić information content (AvgIpc) is 3.38. The third kappa shape index (κ3) is 4.33. The van der Waals surface area contributed by atoms with Gasteiger partial charge in [0, 0.05) is 15.7 Å². The SMILES string of the molecule is C[C@@]1(C2CC2)NC(=O)N(CC(=O)OCC(=O)Nc2cc(Cl)cc(Cl)c2)C1=O. The first-order valence-electron chi connectivity index (χ1n) is 8.25. The summed E-state index contributed by atoms with van der Waals surface area (Å²) in [6.45, 7) is 0.523. The van der Waals surface area contributed by atoms with E-state index in [0.29, 0.717) is 15.7 Å². The third-order valence-electron chi connectivity index (χ3n) is 4.49. The molecule has 1 saturated carbocycles. The maximum Gasteiger partial charge on any atom is 0.326 e. The Bertz CT molecular complexity index is 807. The number of ether oxygens (including phenoxy) is 1. The van der Waals surface area contributed by atoms with Gasteiger partial charge < -0.3 is 15.4 Å². The molecule has 0 spiro atoms. The van der Waals surface area contributed by atoms with Gasteiger partial charge in [-0.25, -0.2) is 4.79 Å². The number of hydrogen-bond donors (Lipinski definition) is 2. The number of esters is 1. The number of carbonyl (C=O) groups is 4. The molecule has 1 aromatic rings. The lowest BCUT2D eigenvalue weighted by atomic mass is 9.96. The van der Waals surface area contributed by atoms with Crippen LogP contribution in [0.4, 0.5) is 10.5 Å². The van der Waals surface area contributed by atoms with Crippen molar-refractivity contribution in [2.24, 2.45) is 5.92 Å². The molecule has 2 N–H and O–H groups in total. The number of nitrogens with zero attached hydrogens (tertiary/aromatic N) is 1. The minimum absolute atomic E-state index is 0.0882. The van der Waals surface area contributed by atoms with E-state index in [4.69, 9.17) is 27.9 Å². The van der Waals surface area contributed by atoms with Crippen LogP contribution in [0.15, 0.2) is 18.2 Å². The Morgan fingerprint density at radius 2 is 1.89 bits per heavy atom. The molecule has 0 bridgehead atoms. The van der Waals surface area contributed by atoms with Crippen LogP contribution in [0.3, 0.4) is 0 Å². The number of rotatable bonds is 6. The number of nitrogens with one attached hydrogen (secondary N) is 2. The van der Waals surface area contributed by atoms with Crippen molar-refractivity contribution < 1.29 is 23.9 Å². The molecule has 1 heterocycles. The highest BCUT2D eigenvalue weighted by molar-refractivity contribution is 6.35. The molecule has 1 aromatic carbocycles. The van der Waals surface area contributed by atoms with Gasteiger partial charge in [-0.1, -0.05) is 23.2 Å². The molecular weight excluding hydrogens is 397 g/mol. The Labute approximate surface area is 165 Å². The lowest BCUT2D eigenvalue weighted by Crippen LogP contribution is -2.46. The van der Waals surface area contributed by atoms with Crippen molar-refractivity contribution in [2.75, 3.05) is 18.5 Å². The van der Waals surface area contributed by atoms with Crippen LogP contribution in [0.1, 0.15) is 19.8 Å². The molecule has 3 rings (SSSR count). The van der Waals surface area contributed by atoms with E-state index in [1.54, 1.807) is 6.92 Å². The summed E-state index contributed by atoms with van der Waals surface area (Å²) in [4.78, 5) is 49.0. The molecular formula is C17H17Cl2N3O5. The van der Waals surface area contributed by atoms with Gasteiger partial charge in [-0.3, -0.25) is 19.3 Å². The highest BCUT2D eigenvalue weighted by Crippen LogP contribution is 2.42. The fourth-order valence-corrected chi connectivity index (χ4v) is 3.47. The van der Waals surface area contributed by atoms with E-state index in [-0.39, 0.29) is 5.92 Å². The Morgan fingerprint density at radius 3 is 2.48 bits per heavy atom. The molecule has 2 fully saturated rings. The monoisotopic (exact) mass is 413 g/mol. The van der Waals surface area contributed by atoms with Crippen molar-refractivity contribution in [1.82, 2.24) is 10.2 Å². The molecule has 8 nitrogen and oxygen atoms in total. The van der Waals surface area contributed by atoms with Gasteiger partial charge >= 0.3 is 12.0 Å². The first-order chi connectivity index (χ1) is 12.7. The second kappa shape index (κ2) is 7.36. The second-order valence-electron chi connectivity index (χ2n) is 6.67. The van der Waals surface area contributed by atoms with E-state index in [9.17, 15) is 19.2 Å². The summed E-state index contributed by atoms with van der Waals surface area (Å²) >= 11 is 11.7. The maximum absolute atomic E-state index is 12.4. The maximum atomic E-state index is 12.4. The number of urea groups is 1. The predicted molar refractivity (Wildman–Crippen MR) is 97.4 cm³/mol. The van der Waals surface area contributed by atoms with E-state index in [0.717, 1.165) is 17.7 Å². The Balaban J connectivity index is 1.50. The molecule has 1 aliphatic carbocycles. The number of imide groups is 1. The summed E-state index contributed by atoms with van der Waals surface area (Å²) in [5.74, 6) is -1.84. The van der Waals surface area contributed by atoms with E-state index < -0.39 is 42.5 Å². The quantitative estimate of drug-likeness (QED) is 0.549. The zero-order valence-corrected chi connectivity index (χ0v) is 15.9. The Hall–Kier alpha value is -2.32. The molecule has 144 valence electrons. The topological polar surface area (TPSA) is 105 Å². The van der Waals surface area contributed by atoms with Gasteiger partial charge in [0.1, 0.15) is 12.1 Å². The fraction of sp³-hybridized carbons (Fsp3) is 0.412. The van der Waals surface area contributed by atoms with E-state index in [1.807, 2.05) is 0 Å². The van der Waals surface area contributed by atoms with Gasteiger partial charge in [0.15, 0.2) is 6.61 Å². The molecule has 10 heteroatoms. The van der Waals surface area contributed by atoms with Gasteiger partial charge in [-0.2, -0.15) is 0 Å². The van der Waals surface area contributed by atoms with Crippen LogP contribution >= 0.6 is 23.2 Å². The van der Waals surface area contributed by atoms with Crippen LogP contribution in [0.25, 0.3) is 0 Å². The van der Waals surface area contributed by atoms with Gasteiger partial charge in [0.05, 0.1) is 0 Å². The summed E-state index contributed by atoms with van der Waals surface area (Å²) in [6.07, 6.45) is 1.71. The molecule has 1 saturated heterocycles. The number of hydrogen-bond acceptors (Lipinski definition) is 5. The third-order valence-corrected chi connectivity index (χ3v) is 4.93. The molecule has 4 amide bonds. The average molecular weight is 414 g/mol. The first-order valence-corrected chi connectivity index (χ1v) is 9.00. The number of halogens is 2. The van der Waals surface area contributed by atoms with Crippen LogP contribution in [-0.4, -0.2) is 47.4 Å². The highest BCUT2D eigenvalue weighted by atomic mass is 35.5. The van der Waals surface area contributed by atoms with Crippen LogP contribution < -0.4 is 10.6 Å². The van der Waals surface area contributed by atoms with Gasteiger partial charge in [0.2, 0.25) is 0 Å². The Morgan fingerprint density at radius 1 is 1.26 bits per heavy atom. The summed E-state index contributed by atoms with van der Waals surface area (Å²) in [5, 5.41) is 5.79. The van der Waals surface area contributed by atoms with E-state index in [2.05, 4.69) is 10.6 Å². The Kier molecular flexibility index (Phi) is 5.30. The first kappa shape index (κ1) is 19.4. The lowest BCUT2D eigenvalue weighted by molar-refractivity contribution is -0.150. The largest absolute Gasteiger partial charge is 0.454 e. The van der Waals surface area contributed by atoms with Crippen molar-refractivity contribution in [2.45, 2.75) is 25.3 Å². The molecule has 1 atom stereocenters. The van der Waals surface area contributed by atoms with E-state index >= 15 is 0 Å². The van der Waals surface area contributed by atoms with E-state index in [1.165, 1.54) is 18.2 Å².